The number of aliphatic hydroxyl groups is 2. The van der Waals surface area contributed by atoms with Crippen LogP contribution >= 0.6 is 0 Å². The summed E-state index contributed by atoms with van der Waals surface area (Å²) in [4.78, 5) is 0. The maximum Gasteiger partial charge on any atom is 0.673 e. The quantitative estimate of drug-likeness (QED) is 0.426. The van der Waals surface area contributed by atoms with E-state index in [0.29, 0.717) is 0 Å². The second-order valence-electron chi connectivity index (χ2n) is 3.77. The SMILES string of the molecule is F[B-](F)(F)F.OCC[S+](CCO)Cc1ccc(O)cc1. The monoisotopic (exact) mass is 316 g/mol. The van der Waals surface area contributed by atoms with Gasteiger partial charge in [0.2, 0.25) is 0 Å². The molecule has 0 aromatic heterocycles. The Bertz CT molecular complexity index is 350. The number of hydrogen-bond acceptors (Lipinski definition) is 3. The highest BCUT2D eigenvalue weighted by Crippen LogP contribution is 2.13. The van der Waals surface area contributed by atoms with Crippen LogP contribution in [0.25, 0.3) is 0 Å². The first kappa shape index (κ1) is 19.1. The van der Waals surface area contributed by atoms with Crippen molar-refractivity contribution in [3.8, 4) is 5.75 Å². The molecular formula is C11H17BF4O3S. The van der Waals surface area contributed by atoms with Crippen molar-refractivity contribution >= 4 is 18.1 Å². The molecule has 0 heterocycles. The Kier molecular flexibility index (Phi) is 9.44. The molecule has 0 aliphatic carbocycles. The molecular weight excluding hydrogens is 299 g/mol. The summed E-state index contributed by atoms with van der Waals surface area (Å²) in [6.45, 7) is 0.336. The van der Waals surface area contributed by atoms with Gasteiger partial charge in [-0.3, -0.25) is 0 Å². The number of aliphatic hydroxyl groups excluding tert-OH is 2. The third-order valence-electron chi connectivity index (χ3n) is 2.07. The summed E-state index contributed by atoms with van der Waals surface area (Å²) in [5.74, 6) is 2.60. The maximum atomic E-state index is 9.75. The molecule has 0 aliphatic heterocycles. The average Bonchev–Trinajstić information content (AvgIpc) is 2.31. The summed E-state index contributed by atoms with van der Waals surface area (Å²) in [7, 11) is -5.96. The first-order chi connectivity index (χ1) is 9.26. The molecule has 0 atom stereocenters. The van der Waals surface area contributed by atoms with E-state index < -0.39 is 7.25 Å². The third kappa shape index (κ3) is 12.1. The van der Waals surface area contributed by atoms with Gasteiger partial charge in [-0.15, -0.1) is 0 Å². The second-order valence-corrected chi connectivity index (χ2v) is 6.10. The molecule has 0 aliphatic rings. The average molecular weight is 316 g/mol. The zero-order chi connectivity index (χ0) is 15.6. The highest BCUT2D eigenvalue weighted by molar-refractivity contribution is 7.96. The smallest absolute Gasteiger partial charge is 0.508 e. The largest absolute Gasteiger partial charge is 0.673 e. The van der Waals surface area contributed by atoms with Gasteiger partial charge in [-0.2, -0.15) is 0 Å². The molecule has 1 rings (SSSR count). The standard InChI is InChI=1S/C11H16O3S.BF4/c12-5-7-15(8-6-13)9-10-1-3-11(14)4-2-10;2-1(3,4)5/h1-4,12-13H,5-9H2;/q;-1/p+1. The zero-order valence-electron chi connectivity index (χ0n) is 10.7. The summed E-state index contributed by atoms with van der Waals surface area (Å²) < 4.78 is 39.0. The highest BCUT2D eigenvalue weighted by Gasteiger charge is 2.20. The molecule has 0 saturated carbocycles. The summed E-state index contributed by atoms with van der Waals surface area (Å²) in [5.41, 5.74) is 1.14. The highest BCUT2D eigenvalue weighted by atomic mass is 32.2. The molecule has 0 spiro atoms. The van der Waals surface area contributed by atoms with Crippen LogP contribution in [-0.4, -0.2) is 47.3 Å². The lowest BCUT2D eigenvalue weighted by Gasteiger charge is -2.06. The first-order valence-electron chi connectivity index (χ1n) is 5.77. The van der Waals surface area contributed by atoms with Gasteiger partial charge >= 0.3 is 7.25 Å². The Balaban J connectivity index is 0.000000621. The van der Waals surface area contributed by atoms with Crippen LogP contribution in [0.5, 0.6) is 5.75 Å². The minimum absolute atomic E-state index is 0.0363. The molecule has 9 heteroatoms. The number of hydrogen-bond donors (Lipinski definition) is 3. The van der Waals surface area contributed by atoms with Crippen molar-refractivity contribution in [3.05, 3.63) is 29.8 Å². The summed E-state index contributed by atoms with van der Waals surface area (Å²) >= 11 is 0. The topological polar surface area (TPSA) is 60.7 Å². The molecule has 116 valence electrons. The normalized spacial score (nSPS) is 11.2. The van der Waals surface area contributed by atoms with E-state index in [1.54, 1.807) is 12.1 Å². The van der Waals surface area contributed by atoms with Crippen LogP contribution in [-0.2, 0) is 16.6 Å². The molecule has 1 aromatic rings. The molecule has 1 aromatic carbocycles. The van der Waals surface area contributed by atoms with E-state index in [0.717, 1.165) is 22.8 Å². The Morgan fingerprint density at radius 3 is 1.65 bits per heavy atom. The number of benzene rings is 1. The lowest BCUT2D eigenvalue weighted by Crippen LogP contribution is -2.19. The fraction of sp³-hybridized carbons (Fsp3) is 0.455. The lowest BCUT2D eigenvalue weighted by molar-refractivity contribution is 0.316. The van der Waals surface area contributed by atoms with Crippen molar-refractivity contribution in [2.24, 2.45) is 0 Å². The van der Waals surface area contributed by atoms with Gasteiger partial charge in [-0.05, 0) is 23.0 Å². The van der Waals surface area contributed by atoms with Gasteiger partial charge in [0.15, 0.2) is 0 Å². The van der Waals surface area contributed by atoms with E-state index >= 15 is 0 Å². The van der Waals surface area contributed by atoms with Crippen molar-refractivity contribution in [1.82, 2.24) is 0 Å². The van der Waals surface area contributed by atoms with Crippen LogP contribution in [0.2, 0.25) is 0 Å². The zero-order valence-corrected chi connectivity index (χ0v) is 11.5. The minimum Gasteiger partial charge on any atom is -0.508 e. The number of aromatic hydroxyl groups is 1. The molecule has 3 N–H and O–H groups in total. The molecule has 0 saturated heterocycles. The van der Waals surface area contributed by atoms with Crippen LogP contribution in [0, 0.1) is 0 Å². The fourth-order valence-electron chi connectivity index (χ4n) is 1.33. The Morgan fingerprint density at radius 1 is 0.900 bits per heavy atom. The van der Waals surface area contributed by atoms with E-state index in [2.05, 4.69) is 0 Å². The molecule has 3 nitrogen and oxygen atoms in total. The number of rotatable bonds is 6. The van der Waals surface area contributed by atoms with Gasteiger partial charge in [0.1, 0.15) is 23.0 Å². The molecule has 0 bridgehead atoms. The second kappa shape index (κ2) is 9.90. The third-order valence-corrected chi connectivity index (χ3v) is 4.33. The number of phenols is 1. The van der Waals surface area contributed by atoms with E-state index in [4.69, 9.17) is 15.3 Å². The summed E-state index contributed by atoms with van der Waals surface area (Å²) in [6.07, 6.45) is 0. The van der Waals surface area contributed by atoms with E-state index in [-0.39, 0.29) is 29.9 Å². The van der Waals surface area contributed by atoms with Gasteiger partial charge in [-0.1, -0.05) is 12.1 Å². The van der Waals surface area contributed by atoms with E-state index in [1.165, 1.54) is 0 Å². The van der Waals surface area contributed by atoms with Gasteiger partial charge in [0, 0.05) is 5.56 Å². The molecule has 20 heavy (non-hydrogen) atoms. The minimum atomic E-state index is -6.00. The van der Waals surface area contributed by atoms with Crippen molar-refractivity contribution in [2.45, 2.75) is 5.75 Å². The number of phenolic OH excluding ortho intramolecular Hbond substituents is 1. The Morgan fingerprint density at radius 2 is 1.30 bits per heavy atom. The van der Waals surface area contributed by atoms with Gasteiger partial charge in [-0.25, -0.2) is 0 Å². The first-order valence-corrected chi connectivity index (χ1v) is 7.50. The predicted octanol–water partition coefficient (Wildman–Crippen LogP) is 1.80. The fourth-order valence-corrected chi connectivity index (χ4v) is 3.01. The van der Waals surface area contributed by atoms with Crippen LogP contribution in [0.4, 0.5) is 17.3 Å². The van der Waals surface area contributed by atoms with Crippen LogP contribution in [0.15, 0.2) is 24.3 Å². The van der Waals surface area contributed by atoms with Crippen LogP contribution in [0.3, 0.4) is 0 Å². The van der Waals surface area contributed by atoms with Crippen LogP contribution in [0.1, 0.15) is 5.56 Å². The summed E-state index contributed by atoms with van der Waals surface area (Å²) in [6, 6.07) is 7.08. The van der Waals surface area contributed by atoms with Crippen molar-refractivity contribution < 1.29 is 32.6 Å². The van der Waals surface area contributed by atoms with E-state index in [1.807, 2.05) is 12.1 Å². The Hall–Kier alpha value is -0.925. The molecule has 0 unspecified atom stereocenters. The maximum absolute atomic E-state index is 9.75. The molecule has 0 fully saturated rings. The van der Waals surface area contributed by atoms with Crippen molar-refractivity contribution in [3.63, 3.8) is 0 Å². The number of halogens is 4. The van der Waals surface area contributed by atoms with Gasteiger partial charge in [0.25, 0.3) is 0 Å². The van der Waals surface area contributed by atoms with E-state index in [9.17, 15) is 17.3 Å². The van der Waals surface area contributed by atoms with Gasteiger partial charge < -0.3 is 32.6 Å². The van der Waals surface area contributed by atoms with Gasteiger partial charge in [0.05, 0.1) is 13.2 Å². The van der Waals surface area contributed by atoms with Crippen molar-refractivity contribution in [1.29, 1.82) is 0 Å². The van der Waals surface area contributed by atoms with Crippen LogP contribution < -0.4 is 0 Å². The molecule has 0 amide bonds. The predicted molar refractivity (Wildman–Crippen MR) is 73.3 cm³/mol. The van der Waals surface area contributed by atoms with Crippen molar-refractivity contribution in [2.75, 3.05) is 24.7 Å². The molecule has 0 radical (unpaired) electrons. The summed E-state index contributed by atoms with van der Waals surface area (Å²) in [5, 5.41) is 26.9. The lowest BCUT2D eigenvalue weighted by atomic mass is 10.2. The Labute approximate surface area is 117 Å².